The van der Waals surface area contributed by atoms with Gasteiger partial charge in [-0.25, -0.2) is 0 Å². The molecule has 0 radical (unpaired) electrons. The molecule has 1 N–H and O–H groups in total. The number of carbonyl (C=O) groups is 3. The van der Waals surface area contributed by atoms with E-state index in [-0.39, 0.29) is 26.5 Å². The Hall–Kier alpha value is -1.49. The van der Waals surface area contributed by atoms with Gasteiger partial charge in [0.15, 0.2) is 5.78 Å². The van der Waals surface area contributed by atoms with Gasteiger partial charge in [-0.2, -0.15) is 0 Å². The van der Waals surface area contributed by atoms with Crippen LogP contribution < -0.4 is 5.32 Å². The molecule has 0 unspecified atom stereocenters. The SMILES string of the molecule is C.CC.CC(=O)C1(N2C(=O)C=CC2=O)CCNCC1.[HH]. The zero-order valence-corrected chi connectivity index (χ0v) is 11.2. The van der Waals surface area contributed by atoms with Crippen LogP contribution in [-0.2, 0) is 14.4 Å². The molecule has 110 valence electrons. The van der Waals surface area contributed by atoms with Gasteiger partial charge in [0.2, 0.25) is 0 Å². The van der Waals surface area contributed by atoms with E-state index in [4.69, 9.17) is 0 Å². The first-order valence-corrected chi connectivity index (χ1v) is 6.36. The highest BCUT2D eigenvalue weighted by Crippen LogP contribution is 2.30. The molecule has 0 bridgehead atoms. The maximum atomic E-state index is 11.8. The molecule has 0 spiro atoms. The van der Waals surface area contributed by atoms with Gasteiger partial charge in [0.1, 0.15) is 5.54 Å². The number of imide groups is 1. The molecule has 0 aromatic carbocycles. The van der Waals surface area contributed by atoms with Gasteiger partial charge in [0, 0.05) is 13.6 Å². The molecule has 0 atom stereocenters. The van der Waals surface area contributed by atoms with Crippen molar-refractivity contribution >= 4 is 17.6 Å². The Morgan fingerprint density at radius 1 is 1.21 bits per heavy atom. The summed E-state index contributed by atoms with van der Waals surface area (Å²) < 4.78 is 0. The minimum absolute atomic E-state index is 0. The number of hydrogen-bond donors (Lipinski definition) is 1. The zero-order valence-electron chi connectivity index (χ0n) is 11.2. The summed E-state index contributed by atoms with van der Waals surface area (Å²) in [6.45, 7) is 6.75. The van der Waals surface area contributed by atoms with Crippen LogP contribution in [-0.4, -0.2) is 41.1 Å². The number of ketones is 1. The second-order valence-electron chi connectivity index (χ2n) is 4.18. The fourth-order valence-electron chi connectivity index (χ4n) is 2.40. The Balaban J connectivity index is 0. The highest BCUT2D eigenvalue weighted by atomic mass is 16.2. The summed E-state index contributed by atoms with van der Waals surface area (Å²) in [5, 5.41) is 3.13. The molecular formula is C14H26N2O3. The number of hydrogen-bond acceptors (Lipinski definition) is 4. The molecule has 2 amide bonds. The van der Waals surface area contributed by atoms with Crippen LogP contribution in [0.25, 0.3) is 0 Å². The molecule has 0 saturated carbocycles. The lowest BCUT2D eigenvalue weighted by atomic mass is 9.83. The molecule has 0 aliphatic carbocycles. The van der Waals surface area contributed by atoms with E-state index < -0.39 is 5.54 Å². The Morgan fingerprint density at radius 3 is 2.00 bits per heavy atom. The molecule has 2 aliphatic heterocycles. The molecule has 2 aliphatic rings. The first-order valence-electron chi connectivity index (χ1n) is 6.36. The minimum Gasteiger partial charge on any atom is -0.317 e. The van der Waals surface area contributed by atoms with E-state index in [1.54, 1.807) is 0 Å². The quantitative estimate of drug-likeness (QED) is 0.773. The van der Waals surface area contributed by atoms with E-state index in [9.17, 15) is 14.4 Å². The number of nitrogens with one attached hydrogen (secondary N) is 1. The van der Waals surface area contributed by atoms with Crippen LogP contribution >= 0.6 is 0 Å². The number of amides is 2. The molecule has 2 heterocycles. The third-order valence-electron chi connectivity index (χ3n) is 3.32. The highest BCUT2D eigenvalue weighted by Gasteiger charge is 2.48. The topological polar surface area (TPSA) is 66.5 Å². The van der Waals surface area contributed by atoms with E-state index in [1.807, 2.05) is 13.8 Å². The van der Waals surface area contributed by atoms with Crippen LogP contribution in [0.3, 0.4) is 0 Å². The normalized spacial score (nSPS) is 20.5. The lowest BCUT2D eigenvalue weighted by Gasteiger charge is -2.41. The van der Waals surface area contributed by atoms with Crippen molar-refractivity contribution in [3.05, 3.63) is 12.2 Å². The fraction of sp³-hybridized carbons (Fsp3) is 0.643. The maximum absolute atomic E-state index is 11.8. The molecule has 2 rings (SSSR count). The summed E-state index contributed by atoms with van der Waals surface area (Å²) in [6.07, 6.45) is 3.47. The number of rotatable bonds is 2. The van der Waals surface area contributed by atoms with Crippen molar-refractivity contribution in [1.29, 1.82) is 0 Å². The molecule has 1 fully saturated rings. The van der Waals surface area contributed by atoms with Crippen LogP contribution in [0.1, 0.15) is 42.5 Å². The van der Waals surface area contributed by atoms with Crippen molar-refractivity contribution in [2.75, 3.05) is 13.1 Å². The monoisotopic (exact) mass is 270 g/mol. The van der Waals surface area contributed by atoms with Crippen molar-refractivity contribution in [2.24, 2.45) is 0 Å². The van der Waals surface area contributed by atoms with E-state index in [2.05, 4.69) is 5.32 Å². The van der Waals surface area contributed by atoms with Gasteiger partial charge >= 0.3 is 0 Å². The number of piperidine rings is 1. The number of carbonyl (C=O) groups excluding carboxylic acids is 3. The summed E-state index contributed by atoms with van der Waals surface area (Å²) in [7, 11) is 0. The predicted octanol–water partition coefficient (Wildman–Crippen LogP) is 1.53. The van der Waals surface area contributed by atoms with Gasteiger partial charge in [-0.1, -0.05) is 21.3 Å². The zero-order chi connectivity index (χ0) is 13.8. The fourth-order valence-corrected chi connectivity index (χ4v) is 2.40. The molecule has 5 nitrogen and oxygen atoms in total. The lowest BCUT2D eigenvalue weighted by Crippen LogP contribution is -2.60. The molecule has 0 aromatic heterocycles. The van der Waals surface area contributed by atoms with Gasteiger partial charge in [-0.15, -0.1) is 0 Å². The van der Waals surface area contributed by atoms with Crippen LogP contribution in [0, 0.1) is 0 Å². The van der Waals surface area contributed by atoms with Gasteiger partial charge in [0.05, 0.1) is 0 Å². The van der Waals surface area contributed by atoms with Gasteiger partial charge in [-0.3, -0.25) is 19.3 Å². The minimum atomic E-state index is -0.928. The average Bonchev–Trinajstić information content (AvgIpc) is 2.72. The lowest BCUT2D eigenvalue weighted by molar-refractivity contribution is -0.152. The Bertz CT molecular complexity index is 370. The Morgan fingerprint density at radius 2 is 1.63 bits per heavy atom. The first-order chi connectivity index (χ1) is 8.58. The summed E-state index contributed by atoms with van der Waals surface area (Å²) in [4.78, 5) is 36.2. The summed E-state index contributed by atoms with van der Waals surface area (Å²) in [6, 6.07) is 0. The highest BCUT2D eigenvalue weighted by molar-refractivity contribution is 6.16. The van der Waals surface area contributed by atoms with Gasteiger partial charge in [-0.05, 0) is 32.9 Å². The van der Waals surface area contributed by atoms with E-state index in [0.717, 1.165) is 4.90 Å². The van der Waals surface area contributed by atoms with Gasteiger partial charge < -0.3 is 5.32 Å². The molecule has 5 heteroatoms. The van der Waals surface area contributed by atoms with Crippen LogP contribution in [0.15, 0.2) is 12.2 Å². The largest absolute Gasteiger partial charge is 0.317 e. The smallest absolute Gasteiger partial charge is 0.254 e. The predicted molar refractivity (Wildman–Crippen MR) is 76.7 cm³/mol. The van der Waals surface area contributed by atoms with E-state index in [0.29, 0.717) is 25.9 Å². The van der Waals surface area contributed by atoms with Gasteiger partial charge in [0.25, 0.3) is 11.8 Å². The van der Waals surface area contributed by atoms with E-state index in [1.165, 1.54) is 19.1 Å². The Kier molecular flexibility index (Phi) is 6.62. The third kappa shape index (κ3) is 3.10. The van der Waals surface area contributed by atoms with Crippen molar-refractivity contribution in [3.8, 4) is 0 Å². The summed E-state index contributed by atoms with van der Waals surface area (Å²) in [5.41, 5.74) is -0.928. The maximum Gasteiger partial charge on any atom is 0.254 e. The first kappa shape index (κ1) is 17.5. The molecular weight excluding hydrogens is 244 g/mol. The number of Topliss-reactive ketones (excluding diaryl/α,β-unsaturated/α-hetero) is 1. The van der Waals surface area contributed by atoms with Crippen LogP contribution in [0.2, 0.25) is 0 Å². The third-order valence-corrected chi connectivity index (χ3v) is 3.32. The average molecular weight is 270 g/mol. The van der Waals surface area contributed by atoms with E-state index >= 15 is 0 Å². The molecule has 1 saturated heterocycles. The van der Waals surface area contributed by atoms with Crippen LogP contribution in [0.4, 0.5) is 0 Å². The molecule has 19 heavy (non-hydrogen) atoms. The van der Waals surface area contributed by atoms with Crippen molar-refractivity contribution in [2.45, 2.75) is 46.6 Å². The van der Waals surface area contributed by atoms with Crippen molar-refractivity contribution < 1.29 is 15.8 Å². The molecule has 0 aromatic rings. The Labute approximate surface area is 116 Å². The standard InChI is InChI=1S/C11H14N2O3.C2H6.CH4.H2/c1-8(14)11(4-6-12-7-5-11)13-9(15)2-3-10(13)16;1-2;;/h2-3,12H,4-7H2,1H3;1-2H3;1H4;1H. The summed E-state index contributed by atoms with van der Waals surface area (Å²) in [5.74, 6) is -0.858. The van der Waals surface area contributed by atoms with Crippen LogP contribution in [0.5, 0.6) is 0 Å². The van der Waals surface area contributed by atoms with Crippen molar-refractivity contribution in [1.82, 2.24) is 10.2 Å². The second-order valence-corrected chi connectivity index (χ2v) is 4.18. The second kappa shape index (κ2) is 7.19. The summed E-state index contributed by atoms with van der Waals surface area (Å²) >= 11 is 0. The number of nitrogens with zero attached hydrogens (tertiary/aromatic N) is 1. The van der Waals surface area contributed by atoms with Crippen molar-refractivity contribution in [3.63, 3.8) is 0 Å².